The zero-order chi connectivity index (χ0) is 7.49. The number of hydrogen-bond acceptors (Lipinski definition) is 1. The highest BCUT2D eigenvalue weighted by atomic mass is 35.5. The Kier molecular flexibility index (Phi) is 4.04. The maximum atomic E-state index is 5.73. The first-order chi connectivity index (χ1) is 3.98. The van der Waals surface area contributed by atoms with Crippen molar-refractivity contribution in [2.24, 2.45) is 0 Å². The maximum Gasteiger partial charge on any atom is 0.188 e. The molecule has 0 fully saturated rings. The highest BCUT2D eigenvalue weighted by molar-refractivity contribution is 6.82. The minimum Gasteiger partial charge on any atom is -0.457 e. The highest BCUT2D eigenvalue weighted by Crippen LogP contribution is 2.07. The van der Waals surface area contributed by atoms with Crippen LogP contribution in [0.25, 0.3) is 0 Å². The van der Waals surface area contributed by atoms with E-state index in [9.17, 15) is 0 Å². The van der Waals surface area contributed by atoms with Gasteiger partial charge in [0.25, 0.3) is 0 Å². The topological polar surface area (TPSA) is 9.23 Å². The van der Waals surface area contributed by atoms with Gasteiger partial charge in [0.15, 0.2) is 17.4 Å². The van der Waals surface area contributed by atoms with Crippen LogP contribution in [0, 0.1) is 0 Å². The molecule has 0 rings (SSSR count). The molecule has 0 aromatic rings. The van der Waals surface area contributed by atoms with Crippen LogP contribution in [-0.4, -0.2) is 22.9 Å². The molecule has 1 nitrogen and oxygen atoms in total. The lowest BCUT2D eigenvalue weighted by Crippen LogP contribution is -2.37. The van der Waals surface area contributed by atoms with Gasteiger partial charge in [0.05, 0.1) is 0 Å². The first-order valence-electron chi connectivity index (χ1n) is 3.22. The zero-order valence-electron chi connectivity index (χ0n) is 6.57. The number of halogens is 1. The van der Waals surface area contributed by atoms with Crippen molar-refractivity contribution in [1.29, 1.82) is 0 Å². The Hall–Kier alpha value is 0.684. The Morgan fingerprint density at radius 3 is 2.00 bits per heavy atom. The van der Waals surface area contributed by atoms with Crippen LogP contribution in [0.15, 0.2) is 0 Å². The fraction of sp³-hybridized carbons (Fsp3) is 1.00. The number of alkyl halides is 1. The molecule has 0 spiro atoms. The third-order valence-corrected chi connectivity index (χ3v) is 7.89. The monoisotopic (exact) mass is 182 g/mol. The molecule has 9 heavy (non-hydrogen) atoms. The van der Waals surface area contributed by atoms with E-state index < -0.39 is 17.4 Å². The molecule has 0 aromatic carbocycles. The van der Waals surface area contributed by atoms with Crippen molar-refractivity contribution in [3.63, 3.8) is 0 Å². The standard InChI is InChI=1S/C5H15ClOSi2/c1-8(2)7-9(3,4)5-6/h8H,5H2,1-4H3. The number of hydrogen-bond donors (Lipinski definition) is 0. The molecule has 0 atom stereocenters. The summed E-state index contributed by atoms with van der Waals surface area (Å²) in [6.07, 6.45) is 0. The second-order valence-corrected chi connectivity index (χ2v) is 10.7. The summed E-state index contributed by atoms with van der Waals surface area (Å²) in [6.45, 7) is 8.68. The van der Waals surface area contributed by atoms with Crippen molar-refractivity contribution in [3.05, 3.63) is 0 Å². The summed E-state index contributed by atoms with van der Waals surface area (Å²) in [7, 11) is -2.25. The van der Waals surface area contributed by atoms with Crippen molar-refractivity contribution in [2.75, 3.05) is 5.50 Å². The molecule has 0 aliphatic carbocycles. The van der Waals surface area contributed by atoms with Gasteiger partial charge in [-0.25, -0.2) is 0 Å². The van der Waals surface area contributed by atoms with Gasteiger partial charge in [-0.1, -0.05) is 0 Å². The van der Waals surface area contributed by atoms with E-state index in [4.69, 9.17) is 15.7 Å². The summed E-state index contributed by atoms with van der Waals surface area (Å²) in [6, 6.07) is 0. The Morgan fingerprint density at radius 1 is 1.44 bits per heavy atom. The molecule has 0 radical (unpaired) electrons. The smallest absolute Gasteiger partial charge is 0.188 e. The van der Waals surface area contributed by atoms with Crippen LogP contribution < -0.4 is 0 Å². The Bertz CT molecular complexity index is 85.0. The molecule has 56 valence electrons. The Balaban J connectivity index is 3.58. The molecule has 4 heteroatoms. The normalized spacial score (nSPS) is 12.7. The molecule has 0 aliphatic rings. The predicted octanol–water partition coefficient (Wildman–Crippen LogP) is 1.97. The number of rotatable bonds is 3. The molecule has 0 aliphatic heterocycles. The molecule has 0 heterocycles. The first-order valence-corrected chi connectivity index (χ1v) is 9.65. The summed E-state index contributed by atoms with van der Waals surface area (Å²) in [5, 5.41) is 0. The summed E-state index contributed by atoms with van der Waals surface area (Å²) in [5.74, 6) is 0. The Labute approximate surface area is 65.2 Å². The van der Waals surface area contributed by atoms with E-state index in [2.05, 4.69) is 26.2 Å². The van der Waals surface area contributed by atoms with Gasteiger partial charge >= 0.3 is 0 Å². The van der Waals surface area contributed by atoms with Crippen LogP contribution in [0.1, 0.15) is 0 Å². The maximum absolute atomic E-state index is 5.73. The Morgan fingerprint density at radius 2 is 1.89 bits per heavy atom. The fourth-order valence-corrected chi connectivity index (χ4v) is 6.59. The van der Waals surface area contributed by atoms with Crippen molar-refractivity contribution < 1.29 is 4.12 Å². The third-order valence-electron chi connectivity index (χ3n) is 0.877. The lowest BCUT2D eigenvalue weighted by atomic mass is 11.8. The van der Waals surface area contributed by atoms with E-state index in [1.165, 1.54) is 0 Å². The van der Waals surface area contributed by atoms with E-state index in [1.807, 2.05) is 0 Å². The van der Waals surface area contributed by atoms with Gasteiger partial charge in [-0.3, -0.25) is 0 Å². The molecular weight excluding hydrogens is 168 g/mol. The molecule has 0 aromatic heterocycles. The predicted molar refractivity (Wildman–Crippen MR) is 48.2 cm³/mol. The van der Waals surface area contributed by atoms with Crippen LogP contribution in [0.2, 0.25) is 26.2 Å². The fourth-order valence-electron chi connectivity index (χ4n) is 0.670. The van der Waals surface area contributed by atoms with Gasteiger partial charge in [-0.2, -0.15) is 0 Å². The second-order valence-electron chi connectivity index (χ2n) is 3.06. The SMILES string of the molecule is C[SiH](C)O[Si](C)(C)CCl. The minimum absolute atomic E-state index is 0.720. The largest absolute Gasteiger partial charge is 0.457 e. The van der Waals surface area contributed by atoms with Gasteiger partial charge < -0.3 is 4.12 Å². The summed E-state index contributed by atoms with van der Waals surface area (Å²) >= 11 is 5.70. The van der Waals surface area contributed by atoms with Crippen molar-refractivity contribution in [3.8, 4) is 0 Å². The average Bonchev–Trinajstić information content (AvgIpc) is 1.63. The van der Waals surface area contributed by atoms with Crippen LogP contribution in [0.5, 0.6) is 0 Å². The lowest BCUT2D eigenvalue weighted by molar-refractivity contribution is 0.581. The second kappa shape index (κ2) is 3.76. The molecule has 0 unspecified atom stereocenters. The van der Waals surface area contributed by atoms with Crippen LogP contribution >= 0.6 is 11.6 Å². The molecule has 0 N–H and O–H groups in total. The van der Waals surface area contributed by atoms with Gasteiger partial charge in [-0.05, 0) is 26.2 Å². The molecule has 0 bridgehead atoms. The molecule has 0 saturated heterocycles. The van der Waals surface area contributed by atoms with E-state index in [-0.39, 0.29) is 0 Å². The lowest BCUT2D eigenvalue weighted by Gasteiger charge is -2.22. The minimum atomic E-state index is -1.41. The van der Waals surface area contributed by atoms with E-state index >= 15 is 0 Å². The van der Waals surface area contributed by atoms with E-state index in [1.54, 1.807) is 0 Å². The van der Waals surface area contributed by atoms with Crippen LogP contribution in [0.3, 0.4) is 0 Å². The first kappa shape index (κ1) is 9.68. The highest BCUT2D eigenvalue weighted by Gasteiger charge is 2.21. The van der Waals surface area contributed by atoms with E-state index in [0.29, 0.717) is 0 Å². The van der Waals surface area contributed by atoms with Crippen molar-refractivity contribution in [1.82, 2.24) is 0 Å². The third kappa shape index (κ3) is 5.14. The summed E-state index contributed by atoms with van der Waals surface area (Å²) in [4.78, 5) is 0. The van der Waals surface area contributed by atoms with Crippen LogP contribution in [0.4, 0.5) is 0 Å². The quantitative estimate of drug-likeness (QED) is 0.479. The van der Waals surface area contributed by atoms with Crippen molar-refractivity contribution >= 4 is 29.0 Å². The van der Waals surface area contributed by atoms with Gasteiger partial charge in [0.2, 0.25) is 0 Å². The summed E-state index contributed by atoms with van der Waals surface area (Å²) < 4.78 is 5.73. The van der Waals surface area contributed by atoms with Crippen molar-refractivity contribution in [2.45, 2.75) is 26.2 Å². The zero-order valence-corrected chi connectivity index (χ0v) is 9.48. The average molecular weight is 183 g/mol. The van der Waals surface area contributed by atoms with Crippen LogP contribution in [-0.2, 0) is 4.12 Å². The summed E-state index contributed by atoms with van der Waals surface area (Å²) in [5.41, 5.74) is 0.720. The van der Waals surface area contributed by atoms with Gasteiger partial charge in [0, 0.05) is 5.50 Å². The molecule has 0 amide bonds. The molecule has 0 saturated carbocycles. The molecular formula is C5H15ClOSi2. The van der Waals surface area contributed by atoms with E-state index in [0.717, 1.165) is 5.50 Å². The van der Waals surface area contributed by atoms with Gasteiger partial charge in [-0.15, -0.1) is 11.6 Å². The van der Waals surface area contributed by atoms with Gasteiger partial charge in [0.1, 0.15) is 0 Å².